The van der Waals surface area contributed by atoms with Crippen LogP contribution in [0.5, 0.6) is 5.75 Å². The first-order valence-corrected chi connectivity index (χ1v) is 6.54. The highest BCUT2D eigenvalue weighted by molar-refractivity contribution is 8.03. The number of hydrazine groups is 1. The molecular weight excluding hydrogens is 262 g/mol. The van der Waals surface area contributed by atoms with E-state index in [2.05, 4.69) is 12.0 Å². The van der Waals surface area contributed by atoms with Gasteiger partial charge in [-0.1, -0.05) is 18.3 Å². The zero-order valence-electron chi connectivity index (χ0n) is 11.1. The lowest BCUT2D eigenvalue weighted by Crippen LogP contribution is -2.24. The molecule has 1 rings (SSSR count). The molecule has 0 bridgehead atoms. The molecule has 104 valence electrons. The van der Waals surface area contributed by atoms with E-state index in [-0.39, 0.29) is 0 Å². The molecule has 19 heavy (non-hydrogen) atoms. The summed E-state index contributed by atoms with van der Waals surface area (Å²) < 4.78 is 10.4. The van der Waals surface area contributed by atoms with Crippen LogP contribution in [0.3, 0.4) is 0 Å². The van der Waals surface area contributed by atoms with Crippen molar-refractivity contribution in [1.82, 2.24) is 5.43 Å². The number of nitrogens with two attached hydrogens (primary N) is 2. The number of hydrogen-bond donors (Lipinski definition) is 3. The van der Waals surface area contributed by atoms with Crippen LogP contribution < -0.4 is 21.7 Å². The number of rotatable bonds is 7. The van der Waals surface area contributed by atoms with E-state index in [4.69, 9.17) is 21.1 Å². The summed E-state index contributed by atoms with van der Waals surface area (Å²) in [6.45, 7) is 6.12. The Hall–Kier alpha value is -1.79. The third kappa shape index (κ3) is 4.42. The summed E-state index contributed by atoms with van der Waals surface area (Å²) in [6, 6.07) is 7.56. The quantitative estimate of drug-likeness (QED) is 0.233. The summed E-state index contributed by atoms with van der Waals surface area (Å²) in [5, 5.41) is 0.587. The lowest BCUT2D eigenvalue weighted by molar-refractivity contribution is 0.238. The van der Waals surface area contributed by atoms with E-state index >= 15 is 0 Å². The number of benzene rings is 1. The second-order valence-electron chi connectivity index (χ2n) is 3.52. The number of nitrogens with one attached hydrogen (secondary N) is 1. The Labute approximate surface area is 117 Å². The Bertz CT molecular complexity index is 457. The minimum absolute atomic E-state index is 0.394. The molecule has 5 N–H and O–H groups in total. The van der Waals surface area contributed by atoms with Crippen LogP contribution in [0, 0.1) is 0 Å². The van der Waals surface area contributed by atoms with Gasteiger partial charge in [0.25, 0.3) is 0 Å². The van der Waals surface area contributed by atoms with Gasteiger partial charge in [-0.2, -0.15) is 0 Å². The van der Waals surface area contributed by atoms with Crippen molar-refractivity contribution in [2.24, 2.45) is 11.6 Å². The van der Waals surface area contributed by atoms with Crippen LogP contribution >= 0.6 is 11.8 Å². The van der Waals surface area contributed by atoms with E-state index in [0.29, 0.717) is 23.1 Å². The summed E-state index contributed by atoms with van der Waals surface area (Å²) in [4.78, 5) is 0.973. The standard InChI is InChI=1S/C13H19N3O2S/c1-4-18-9(2)12(14)13(16-15)19-11-7-5-10(17-3)6-8-11/h5-8,16H,2,4,14-15H2,1,3H3/b13-12+. The molecule has 0 radical (unpaired) electrons. The van der Waals surface area contributed by atoms with Gasteiger partial charge in [0, 0.05) is 4.90 Å². The normalized spacial score (nSPS) is 11.5. The van der Waals surface area contributed by atoms with Gasteiger partial charge in [-0.15, -0.1) is 0 Å². The van der Waals surface area contributed by atoms with Crippen molar-refractivity contribution < 1.29 is 9.47 Å². The third-order valence-electron chi connectivity index (χ3n) is 2.27. The lowest BCUT2D eigenvalue weighted by Gasteiger charge is -2.13. The zero-order chi connectivity index (χ0) is 14.3. The first-order valence-electron chi connectivity index (χ1n) is 5.72. The first kappa shape index (κ1) is 15.3. The fourth-order valence-corrected chi connectivity index (χ4v) is 2.09. The third-order valence-corrected chi connectivity index (χ3v) is 3.32. The maximum Gasteiger partial charge on any atom is 0.137 e. The van der Waals surface area contributed by atoms with Gasteiger partial charge >= 0.3 is 0 Å². The van der Waals surface area contributed by atoms with E-state index in [1.54, 1.807) is 7.11 Å². The lowest BCUT2D eigenvalue weighted by atomic mass is 10.3. The second kappa shape index (κ2) is 7.60. The van der Waals surface area contributed by atoms with Crippen LogP contribution in [-0.2, 0) is 4.74 Å². The van der Waals surface area contributed by atoms with E-state index in [1.165, 1.54) is 11.8 Å². The number of ether oxygens (including phenoxy) is 2. The van der Waals surface area contributed by atoms with E-state index in [9.17, 15) is 0 Å². The Morgan fingerprint density at radius 1 is 1.37 bits per heavy atom. The molecule has 0 spiro atoms. The van der Waals surface area contributed by atoms with Gasteiger partial charge in [-0.3, -0.25) is 0 Å². The van der Waals surface area contributed by atoms with Crippen molar-refractivity contribution >= 4 is 11.8 Å². The molecular formula is C13H19N3O2S. The molecule has 0 saturated carbocycles. The number of thioether (sulfide) groups is 1. The molecule has 6 heteroatoms. The molecule has 1 aromatic carbocycles. The first-order chi connectivity index (χ1) is 9.12. The van der Waals surface area contributed by atoms with Gasteiger partial charge < -0.3 is 20.6 Å². The van der Waals surface area contributed by atoms with Gasteiger partial charge in [0.05, 0.1) is 13.7 Å². The highest BCUT2D eigenvalue weighted by Gasteiger charge is 2.09. The molecule has 5 nitrogen and oxygen atoms in total. The maximum absolute atomic E-state index is 5.93. The minimum atomic E-state index is 0.394. The molecule has 0 unspecified atom stereocenters. The molecule has 0 aromatic heterocycles. The van der Waals surface area contributed by atoms with Crippen molar-refractivity contribution in [3.8, 4) is 5.75 Å². The molecule has 0 amide bonds. The zero-order valence-corrected chi connectivity index (χ0v) is 11.9. The average molecular weight is 281 g/mol. The van der Waals surface area contributed by atoms with Crippen LogP contribution in [0.25, 0.3) is 0 Å². The van der Waals surface area contributed by atoms with Crippen LogP contribution in [-0.4, -0.2) is 13.7 Å². The smallest absolute Gasteiger partial charge is 0.137 e. The summed E-state index contributed by atoms with van der Waals surface area (Å²) in [5.41, 5.74) is 8.89. The van der Waals surface area contributed by atoms with Gasteiger partial charge in [-0.05, 0) is 31.2 Å². The largest absolute Gasteiger partial charge is 0.497 e. The van der Waals surface area contributed by atoms with E-state index < -0.39 is 0 Å². The van der Waals surface area contributed by atoms with E-state index in [1.807, 2.05) is 31.2 Å². The second-order valence-corrected chi connectivity index (χ2v) is 4.60. The van der Waals surface area contributed by atoms with Crippen LogP contribution in [0.2, 0.25) is 0 Å². The molecule has 0 aliphatic heterocycles. The van der Waals surface area contributed by atoms with Crippen LogP contribution in [0.1, 0.15) is 6.92 Å². The Morgan fingerprint density at radius 3 is 2.47 bits per heavy atom. The fraction of sp³-hybridized carbons (Fsp3) is 0.231. The number of methoxy groups -OCH3 is 1. The molecule has 1 aromatic rings. The maximum atomic E-state index is 5.93. The van der Waals surface area contributed by atoms with Gasteiger partial charge in [0.15, 0.2) is 0 Å². The molecule has 0 fully saturated rings. The SMILES string of the molecule is C=C(OCC)/C(N)=C(/NN)Sc1ccc(OC)cc1. The van der Waals surface area contributed by atoms with Crippen molar-refractivity contribution in [3.63, 3.8) is 0 Å². The van der Waals surface area contributed by atoms with Crippen molar-refractivity contribution in [3.05, 3.63) is 47.3 Å². The van der Waals surface area contributed by atoms with Gasteiger partial charge in [0.2, 0.25) is 0 Å². The molecule has 0 aliphatic rings. The van der Waals surface area contributed by atoms with Crippen molar-refractivity contribution in [2.75, 3.05) is 13.7 Å². The predicted octanol–water partition coefficient (Wildman–Crippen LogP) is 1.93. The highest BCUT2D eigenvalue weighted by Crippen LogP contribution is 2.28. The van der Waals surface area contributed by atoms with Gasteiger partial charge in [-0.25, -0.2) is 5.84 Å². The monoisotopic (exact) mass is 281 g/mol. The average Bonchev–Trinajstić information content (AvgIpc) is 2.45. The predicted molar refractivity (Wildman–Crippen MR) is 78.2 cm³/mol. The fourth-order valence-electron chi connectivity index (χ4n) is 1.30. The Balaban J connectivity index is 2.85. The summed E-state index contributed by atoms with van der Waals surface area (Å²) in [6.07, 6.45) is 0. The molecule has 0 aliphatic carbocycles. The number of hydrogen-bond acceptors (Lipinski definition) is 6. The Morgan fingerprint density at radius 2 is 2.00 bits per heavy atom. The molecule has 0 saturated heterocycles. The molecule has 0 heterocycles. The summed E-state index contributed by atoms with van der Waals surface area (Å²) in [5.74, 6) is 6.67. The van der Waals surface area contributed by atoms with Crippen LogP contribution in [0.4, 0.5) is 0 Å². The Kier molecular flexibility index (Phi) is 6.11. The van der Waals surface area contributed by atoms with Crippen molar-refractivity contribution in [1.29, 1.82) is 0 Å². The molecule has 0 atom stereocenters. The highest BCUT2D eigenvalue weighted by atomic mass is 32.2. The topological polar surface area (TPSA) is 82.5 Å². The summed E-state index contributed by atoms with van der Waals surface area (Å²) >= 11 is 1.39. The summed E-state index contributed by atoms with van der Waals surface area (Å²) in [7, 11) is 1.62. The van der Waals surface area contributed by atoms with Crippen LogP contribution in [0.15, 0.2) is 52.2 Å². The van der Waals surface area contributed by atoms with E-state index in [0.717, 1.165) is 10.6 Å². The van der Waals surface area contributed by atoms with Gasteiger partial charge in [0.1, 0.15) is 22.2 Å². The van der Waals surface area contributed by atoms with Crippen molar-refractivity contribution in [2.45, 2.75) is 11.8 Å². The minimum Gasteiger partial charge on any atom is -0.497 e.